The zero-order valence-corrected chi connectivity index (χ0v) is 11.7. The van der Waals surface area contributed by atoms with E-state index in [1.165, 1.54) is 43.2 Å². The minimum absolute atomic E-state index is 0.597. The van der Waals surface area contributed by atoms with Crippen LogP contribution in [0, 0.1) is 0 Å². The first-order valence-electron chi connectivity index (χ1n) is 7.06. The standard InChI is InChI=1S/C17H18ClN/c18-15-10-6-9-14(16-11-4-5-12-19-16)17(15)13-7-2-1-3-8-13/h4-6,9-13H,1-3,7-8H2. The van der Waals surface area contributed by atoms with Crippen molar-refractivity contribution in [3.05, 3.63) is 53.2 Å². The molecule has 2 aromatic rings. The highest BCUT2D eigenvalue weighted by Gasteiger charge is 2.21. The van der Waals surface area contributed by atoms with E-state index >= 15 is 0 Å². The maximum atomic E-state index is 6.48. The average molecular weight is 272 g/mol. The molecule has 2 heteroatoms. The van der Waals surface area contributed by atoms with Crippen LogP contribution in [0.25, 0.3) is 11.3 Å². The topological polar surface area (TPSA) is 12.9 Å². The van der Waals surface area contributed by atoms with Crippen molar-refractivity contribution in [2.75, 3.05) is 0 Å². The smallest absolute Gasteiger partial charge is 0.0705 e. The van der Waals surface area contributed by atoms with Crippen LogP contribution in [0.5, 0.6) is 0 Å². The molecule has 0 saturated heterocycles. The Morgan fingerprint density at radius 1 is 0.947 bits per heavy atom. The van der Waals surface area contributed by atoms with Crippen LogP contribution in [0.4, 0.5) is 0 Å². The van der Waals surface area contributed by atoms with E-state index in [2.05, 4.69) is 17.1 Å². The number of benzene rings is 1. The van der Waals surface area contributed by atoms with Gasteiger partial charge in [-0.1, -0.05) is 49.1 Å². The van der Waals surface area contributed by atoms with Gasteiger partial charge in [-0.15, -0.1) is 0 Å². The zero-order valence-electron chi connectivity index (χ0n) is 11.0. The van der Waals surface area contributed by atoms with E-state index in [9.17, 15) is 0 Å². The number of rotatable bonds is 2. The van der Waals surface area contributed by atoms with Crippen molar-refractivity contribution in [2.45, 2.75) is 38.0 Å². The van der Waals surface area contributed by atoms with Gasteiger partial charge < -0.3 is 0 Å². The summed E-state index contributed by atoms with van der Waals surface area (Å²) in [7, 11) is 0. The molecular weight excluding hydrogens is 254 g/mol. The van der Waals surface area contributed by atoms with Crippen LogP contribution in [-0.4, -0.2) is 4.98 Å². The van der Waals surface area contributed by atoms with Gasteiger partial charge >= 0.3 is 0 Å². The number of aromatic nitrogens is 1. The molecule has 0 aliphatic heterocycles. The Bertz CT molecular complexity index is 544. The molecule has 1 nitrogen and oxygen atoms in total. The molecule has 0 radical (unpaired) electrons. The second-order valence-corrected chi connectivity index (χ2v) is 5.66. The summed E-state index contributed by atoms with van der Waals surface area (Å²) in [5.74, 6) is 0.597. The first kappa shape index (κ1) is 12.7. The fraction of sp³-hybridized carbons (Fsp3) is 0.353. The van der Waals surface area contributed by atoms with Crippen LogP contribution in [0.15, 0.2) is 42.6 Å². The first-order valence-corrected chi connectivity index (χ1v) is 7.44. The van der Waals surface area contributed by atoms with Crippen LogP contribution >= 0.6 is 11.6 Å². The quantitative estimate of drug-likeness (QED) is 0.708. The molecule has 1 fully saturated rings. The Labute approximate surface area is 119 Å². The fourth-order valence-corrected chi connectivity index (χ4v) is 3.42. The number of halogens is 1. The highest BCUT2D eigenvalue weighted by atomic mass is 35.5. The summed E-state index contributed by atoms with van der Waals surface area (Å²) in [6.07, 6.45) is 8.35. The molecule has 1 saturated carbocycles. The van der Waals surface area contributed by atoms with Crippen molar-refractivity contribution >= 4 is 11.6 Å². The van der Waals surface area contributed by atoms with E-state index in [4.69, 9.17) is 11.6 Å². The molecular formula is C17H18ClN. The molecule has 98 valence electrons. The van der Waals surface area contributed by atoms with Crippen LogP contribution < -0.4 is 0 Å². The fourth-order valence-electron chi connectivity index (χ4n) is 3.09. The Morgan fingerprint density at radius 2 is 1.79 bits per heavy atom. The van der Waals surface area contributed by atoms with Crippen LogP contribution in [0.3, 0.4) is 0 Å². The predicted molar refractivity (Wildman–Crippen MR) is 80.5 cm³/mol. The van der Waals surface area contributed by atoms with Crippen molar-refractivity contribution in [1.29, 1.82) is 0 Å². The zero-order chi connectivity index (χ0) is 13.1. The van der Waals surface area contributed by atoms with Gasteiger partial charge in [0.1, 0.15) is 0 Å². The van der Waals surface area contributed by atoms with Crippen molar-refractivity contribution in [1.82, 2.24) is 4.98 Å². The molecule has 1 aliphatic rings. The first-order chi connectivity index (χ1) is 9.36. The molecule has 0 bridgehead atoms. The number of hydrogen-bond donors (Lipinski definition) is 0. The Hall–Kier alpha value is -1.34. The van der Waals surface area contributed by atoms with Gasteiger partial charge in [-0.2, -0.15) is 0 Å². The Morgan fingerprint density at radius 3 is 2.53 bits per heavy atom. The van der Waals surface area contributed by atoms with Gasteiger partial charge in [0, 0.05) is 16.8 Å². The van der Waals surface area contributed by atoms with Crippen LogP contribution in [0.1, 0.15) is 43.6 Å². The van der Waals surface area contributed by atoms with Crippen molar-refractivity contribution in [3.63, 3.8) is 0 Å². The van der Waals surface area contributed by atoms with Gasteiger partial charge in [-0.3, -0.25) is 4.98 Å². The summed E-state index contributed by atoms with van der Waals surface area (Å²) in [6.45, 7) is 0. The lowest BCUT2D eigenvalue weighted by molar-refractivity contribution is 0.444. The molecule has 1 aromatic heterocycles. The molecule has 19 heavy (non-hydrogen) atoms. The third kappa shape index (κ3) is 2.66. The molecule has 1 aliphatic carbocycles. The second-order valence-electron chi connectivity index (χ2n) is 5.25. The van der Waals surface area contributed by atoms with Gasteiger partial charge in [0.25, 0.3) is 0 Å². The predicted octanol–water partition coefficient (Wildman–Crippen LogP) is 5.45. The summed E-state index contributed by atoms with van der Waals surface area (Å²) >= 11 is 6.48. The van der Waals surface area contributed by atoms with E-state index in [1.54, 1.807) is 0 Å². The molecule has 1 aromatic carbocycles. The summed E-state index contributed by atoms with van der Waals surface area (Å²) in [5.41, 5.74) is 3.55. The summed E-state index contributed by atoms with van der Waals surface area (Å²) in [6, 6.07) is 12.2. The van der Waals surface area contributed by atoms with E-state index in [0.29, 0.717) is 5.92 Å². The molecule has 0 atom stereocenters. The van der Waals surface area contributed by atoms with E-state index in [1.807, 2.05) is 30.5 Å². The van der Waals surface area contributed by atoms with Crippen LogP contribution in [0.2, 0.25) is 5.02 Å². The Balaban J connectivity index is 2.07. The monoisotopic (exact) mass is 271 g/mol. The highest BCUT2D eigenvalue weighted by molar-refractivity contribution is 6.31. The average Bonchev–Trinajstić information content (AvgIpc) is 2.49. The van der Waals surface area contributed by atoms with Gasteiger partial charge in [-0.25, -0.2) is 0 Å². The van der Waals surface area contributed by atoms with Gasteiger partial charge in [0.05, 0.1) is 5.69 Å². The molecule has 0 N–H and O–H groups in total. The van der Waals surface area contributed by atoms with Crippen molar-refractivity contribution in [3.8, 4) is 11.3 Å². The molecule has 1 heterocycles. The van der Waals surface area contributed by atoms with E-state index in [-0.39, 0.29) is 0 Å². The number of nitrogens with zero attached hydrogens (tertiary/aromatic N) is 1. The highest BCUT2D eigenvalue weighted by Crippen LogP contribution is 2.41. The van der Waals surface area contributed by atoms with Gasteiger partial charge in [0.15, 0.2) is 0 Å². The van der Waals surface area contributed by atoms with E-state index in [0.717, 1.165) is 10.7 Å². The number of hydrogen-bond acceptors (Lipinski definition) is 1. The normalized spacial score (nSPS) is 16.5. The lowest BCUT2D eigenvalue weighted by atomic mass is 9.81. The number of pyridine rings is 1. The molecule has 3 rings (SSSR count). The Kier molecular flexibility index (Phi) is 3.84. The van der Waals surface area contributed by atoms with Gasteiger partial charge in [0.2, 0.25) is 0 Å². The van der Waals surface area contributed by atoms with Gasteiger partial charge in [-0.05, 0) is 42.5 Å². The lowest BCUT2D eigenvalue weighted by Crippen LogP contribution is -2.07. The van der Waals surface area contributed by atoms with Crippen LogP contribution in [-0.2, 0) is 0 Å². The second kappa shape index (κ2) is 5.75. The lowest BCUT2D eigenvalue weighted by Gasteiger charge is -2.25. The maximum absolute atomic E-state index is 6.48. The third-order valence-corrected chi connectivity index (χ3v) is 4.34. The summed E-state index contributed by atoms with van der Waals surface area (Å²) < 4.78 is 0. The minimum Gasteiger partial charge on any atom is -0.256 e. The third-order valence-electron chi connectivity index (χ3n) is 4.01. The minimum atomic E-state index is 0.597. The SMILES string of the molecule is Clc1cccc(-c2ccccn2)c1C1CCCCC1. The van der Waals surface area contributed by atoms with Crippen molar-refractivity contribution in [2.24, 2.45) is 0 Å². The molecule has 0 amide bonds. The molecule has 0 spiro atoms. The molecule has 0 unspecified atom stereocenters. The summed E-state index contributed by atoms with van der Waals surface area (Å²) in [4.78, 5) is 4.49. The summed E-state index contributed by atoms with van der Waals surface area (Å²) in [5, 5.41) is 0.898. The largest absolute Gasteiger partial charge is 0.256 e. The maximum Gasteiger partial charge on any atom is 0.0705 e. The van der Waals surface area contributed by atoms with E-state index < -0.39 is 0 Å². The van der Waals surface area contributed by atoms with Crippen molar-refractivity contribution < 1.29 is 0 Å².